The molecule has 0 saturated carbocycles. The lowest BCUT2D eigenvalue weighted by molar-refractivity contribution is 1.19. The number of rotatable bonds is 3. The van der Waals surface area contributed by atoms with Crippen molar-refractivity contribution in [1.82, 2.24) is 4.98 Å². The minimum absolute atomic E-state index is 0.837. The van der Waals surface area contributed by atoms with Crippen LogP contribution in [0.2, 0.25) is 0 Å². The van der Waals surface area contributed by atoms with Crippen molar-refractivity contribution in [3.05, 3.63) is 83.5 Å². The lowest BCUT2D eigenvalue weighted by Gasteiger charge is -1.92. The first kappa shape index (κ1) is 14.7. The van der Waals surface area contributed by atoms with E-state index in [2.05, 4.69) is 32.6 Å². The first-order valence-corrected chi connectivity index (χ1v) is 7.97. The number of hydrogen-bond acceptors (Lipinski definition) is 4. The van der Waals surface area contributed by atoms with E-state index in [1.165, 1.54) is 0 Å². The monoisotopic (exact) mass is 330 g/mol. The van der Waals surface area contributed by atoms with Gasteiger partial charge in [-0.15, -0.1) is 12.6 Å². The molecule has 0 amide bonds. The second-order valence-corrected chi connectivity index (χ2v) is 5.87. The molecule has 0 radical (unpaired) electrons. The summed E-state index contributed by atoms with van der Waals surface area (Å²) in [5.74, 6) is 0. The Morgan fingerprint density at radius 1 is 0.792 bits per heavy atom. The van der Waals surface area contributed by atoms with E-state index >= 15 is 0 Å². The molecule has 0 saturated heterocycles. The zero-order chi connectivity index (χ0) is 16.4. The fourth-order valence-electron chi connectivity index (χ4n) is 2.46. The maximum Gasteiger partial charge on any atom is 0.0695 e. The van der Waals surface area contributed by atoms with Crippen molar-refractivity contribution >= 4 is 36.3 Å². The molecule has 3 aliphatic heterocycles. The zero-order valence-electron chi connectivity index (χ0n) is 12.7. The Labute approximate surface area is 145 Å². The first-order chi connectivity index (χ1) is 11.7. The standard InChI is InChI=1S/C19H14N4S/c24-19-8-7-18(23-19)12-17-6-5-16(22-17)11-15-4-3-14(21-15)10-13-2-1-9-20-13/h1-12,23-24H. The van der Waals surface area contributed by atoms with Gasteiger partial charge in [0.1, 0.15) is 0 Å². The molecule has 4 nitrogen and oxygen atoms in total. The molecule has 1 aromatic heterocycles. The quantitative estimate of drug-likeness (QED) is 0.785. The average Bonchev–Trinajstić information content (AvgIpc) is 3.32. The zero-order valence-corrected chi connectivity index (χ0v) is 13.6. The highest BCUT2D eigenvalue weighted by atomic mass is 32.1. The molecule has 0 fully saturated rings. The van der Waals surface area contributed by atoms with Crippen LogP contribution in [0.4, 0.5) is 0 Å². The van der Waals surface area contributed by atoms with Gasteiger partial charge in [-0.05, 0) is 66.8 Å². The molecule has 1 aromatic rings. The fourth-order valence-corrected chi connectivity index (χ4v) is 2.66. The summed E-state index contributed by atoms with van der Waals surface area (Å²) >= 11 is 4.26. The summed E-state index contributed by atoms with van der Waals surface area (Å²) < 4.78 is 0. The van der Waals surface area contributed by atoms with Crippen LogP contribution in [0.15, 0.2) is 97.8 Å². The molecule has 0 spiro atoms. The molecule has 3 aliphatic rings. The number of nitrogens with one attached hydrogen (secondary N) is 1. The van der Waals surface area contributed by atoms with Gasteiger partial charge >= 0.3 is 0 Å². The fraction of sp³-hybridized carbons (Fsp3) is 0. The van der Waals surface area contributed by atoms with Crippen molar-refractivity contribution in [3.63, 3.8) is 0 Å². The summed E-state index contributed by atoms with van der Waals surface area (Å²) in [5, 5.41) is 0.837. The molecule has 116 valence electrons. The number of thiol groups is 1. The highest BCUT2D eigenvalue weighted by Gasteiger charge is 2.07. The summed E-state index contributed by atoms with van der Waals surface area (Å²) in [6, 6.07) is 3.89. The molecule has 0 aliphatic carbocycles. The number of allylic oxidation sites excluding steroid dienone is 8. The maximum atomic E-state index is 4.58. The van der Waals surface area contributed by atoms with Crippen LogP contribution in [-0.4, -0.2) is 22.6 Å². The van der Waals surface area contributed by atoms with Gasteiger partial charge in [-0.1, -0.05) is 0 Å². The molecular formula is C19H14N4S. The second kappa shape index (κ2) is 6.29. The minimum atomic E-state index is 0.837. The molecule has 4 heterocycles. The Morgan fingerprint density at radius 2 is 1.50 bits per heavy atom. The normalized spacial score (nSPS) is 23.3. The van der Waals surface area contributed by atoms with Gasteiger partial charge in [-0.25, -0.2) is 9.98 Å². The third kappa shape index (κ3) is 3.36. The SMILES string of the molecule is Sc1ccc(C=C2C=CC(C=C3C=CC(C=C4C=CC=N4)=N3)=N2)[nH]1. The Bertz CT molecular complexity index is 945. The second-order valence-electron chi connectivity index (χ2n) is 5.38. The number of aliphatic imine (C=N–C) groups is 3. The molecule has 1 N–H and O–H groups in total. The van der Waals surface area contributed by atoms with Crippen LogP contribution in [0, 0.1) is 0 Å². The largest absolute Gasteiger partial charge is 0.350 e. The summed E-state index contributed by atoms with van der Waals surface area (Å²) in [6.45, 7) is 0. The number of aromatic amines is 1. The van der Waals surface area contributed by atoms with Crippen LogP contribution in [0.3, 0.4) is 0 Å². The Kier molecular flexibility index (Phi) is 3.84. The first-order valence-electron chi connectivity index (χ1n) is 7.52. The highest BCUT2D eigenvalue weighted by molar-refractivity contribution is 7.80. The number of nitrogens with zero attached hydrogens (tertiary/aromatic N) is 3. The molecule has 4 rings (SSSR count). The summed E-state index contributed by atoms with van der Waals surface area (Å²) in [7, 11) is 0. The van der Waals surface area contributed by atoms with E-state index in [1.807, 2.05) is 66.8 Å². The number of hydrogen-bond donors (Lipinski definition) is 2. The molecule has 0 aromatic carbocycles. The lowest BCUT2D eigenvalue weighted by atomic mass is 10.2. The van der Waals surface area contributed by atoms with Crippen LogP contribution in [-0.2, 0) is 0 Å². The molecule has 0 atom stereocenters. The summed E-state index contributed by atoms with van der Waals surface area (Å²) in [6.07, 6.45) is 19.5. The molecular weight excluding hydrogens is 316 g/mol. The highest BCUT2D eigenvalue weighted by Crippen LogP contribution is 2.18. The van der Waals surface area contributed by atoms with Crippen LogP contribution >= 0.6 is 12.6 Å². The Hall–Kier alpha value is -2.92. The maximum absolute atomic E-state index is 4.58. The van der Waals surface area contributed by atoms with Crippen molar-refractivity contribution in [2.45, 2.75) is 5.03 Å². The van der Waals surface area contributed by atoms with Gasteiger partial charge in [0.05, 0.1) is 33.5 Å². The number of H-pyrrole nitrogens is 1. The van der Waals surface area contributed by atoms with Gasteiger partial charge in [0.2, 0.25) is 0 Å². The smallest absolute Gasteiger partial charge is 0.0695 e. The average molecular weight is 330 g/mol. The molecule has 0 unspecified atom stereocenters. The van der Waals surface area contributed by atoms with Gasteiger partial charge in [0.15, 0.2) is 0 Å². The van der Waals surface area contributed by atoms with Crippen molar-refractivity contribution in [2.24, 2.45) is 15.0 Å². The van der Waals surface area contributed by atoms with E-state index in [1.54, 1.807) is 6.21 Å². The van der Waals surface area contributed by atoms with Gasteiger partial charge in [0, 0.05) is 11.9 Å². The molecule has 5 heteroatoms. The molecule has 0 bridgehead atoms. The van der Waals surface area contributed by atoms with Crippen LogP contribution in [0.1, 0.15) is 5.69 Å². The third-order valence-electron chi connectivity index (χ3n) is 3.53. The van der Waals surface area contributed by atoms with Crippen molar-refractivity contribution in [3.8, 4) is 0 Å². The molecule has 24 heavy (non-hydrogen) atoms. The Balaban J connectivity index is 1.51. The van der Waals surface area contributed by atoms with Crippen LogP contribution < -0.4 is 0 Å². The van der Waals surface area contributed by atoms with Gasteiger partial charge in [-0.2, -0.15) is 0 Å². The van der Waals surface area contributed by atoms with Crippen molar-refractivity contribution < 1.29 is 0 Å². The van der Waals surface area contributed by atoms with E-state index in [4.69, 9.17) is 0 Å². The van der Waals surface area contributed by atoms with E-state index in [0.29, 0.717) is 0 Å². The van der Waals surface area contributed by atoms with Crippen LogP contribution in [0.5, 0.6) is 0 Å². The van der Waals surface area contributed by atoms with E-state index < -0.39 is 0 Å². The minimum Gasteiger partial charge on any atom is -0.350 e. The summed E-state index contributed by atoms with van der Waals surface area (Å²) in [5.41, 5.74) is 5.46. The summed E-state index contributed by atoms with van der Waals surface area (Å²) in [4.78, 5) is 16.5. The van der Waals surface area contributed by atoms with E-state index in [9.17, 15) is 0 Å². The number of aromatic nitrogens is 1. The van der Waals surface area contributed by atoms with Gasteiger partial charge in [0.25, 0.3) is 0 Å². The Morgan fingerprint density at radius 3 is 2.12 bits per heavy atom. The predicted octanol–water partition coefficient (Wildman–Crippen LogP) is 4.07. The van der Waals surface area contributed by atoms with E-state index in [0.717, 1.165) is 39.2 Å². The van der Waals surface area contributed by atoms with E-state index in [-0.39, 0.29) is 0 Å². The lowest BCUT2D eigenvalue weighted by Crippen LogP contribution is -1.86. The van der Waals surface area contributed by atoms with Crippen molar-refractivity contribution in [1.29, 1.82) is 0 Å². The van der Waals surface area contributed by atoms with Gasteiger partial charge in [-0.3, -0.25) is 4.99 Å². The topological polar surface area (TPSA) is 52.9 Å². The third-order valence-corrected chi connectivity index (χ3v) is 3.79. The van der Waals surface area contributed by atoms with Gasteiger partial charge < -0.3 is 4.98 Å². The van der Waals surface area contributed by atoms with Crippen LogP contribution in [0.25, 0.3) is 6.08 Å². The predicted molar refractivity (Wildman–Crippen MR) is 103 cm³/mol. The van der Waals surface area contributed by atoms with Crippen molar-refractivity contribution in [2.75, 3.05) is 0 Å².